The Hall–Kier alpha value is -4.14. The molecule has 0 atom stereocenters. The van der Waals surface area contributed by atoms with Gasteiger partial charge in [-0.2, -0.15) is 5.10 Å². The van der Waals surface area contributed by atoms with E-state index in [-0.39, 0.29) is 12.1 Å². The van der Waals surface area contributed by atoms with Crippen molar-refractivity contribution in [2.45, 2.75) is 32.9 Å². The highest BCUT2D eigenvalue weighted by Crippen LogP contribution is 2.26. The maximum Gasteiger partial charge on any atom is 0.407 e. The highest BCUT2D eigenvalue weighted by molar-refractivity contribution is 5.77. The molecule has 2 aromatic heterocycles. The summed E-state index contributed by atoms with van der Waals surface area (Å²) in [5, 5.41) is 7.04. The zero-order chi connectivity index (χ0) is 24.5. The van der Waals surface area contributed by atoms with Crippen molar-refractivity contribution in [1.29, 1.82) is 0 Å². The first-order valence-electron chi connectivity index (χ1n) is 10.5. The van der Waals surface area contributed by atoms with Crippen LogP contribution in [-0.4, -0.2) is 32.6 Å². The minimum Gasteiger partial charge on any atom is -0.444 e. The highest BCUT2D eigenvalue weighted by atomic mass is 19.1. The van der Waals surface area contributed by atoms with Crippen LogP contribution in [0.15, 0.2) is 54.7 Å². The monoisotopic (exact) mass is 464 g/mol. The number of benzene rings is 2. The number of hydrogen-bond donors (Lipinski definition) is 1. The fourth-order valence-corrected chi connectivity index (χ4v) is 3.37. The van der Waals surface area contributed by atoms with Crippen LogP contribution in [0.5, 0.6) is 0 Å². The van der Waals surface area contributed by atoms with Gasteiger partial charge in [-0.15, -0.1) is 0 Å². The summed E-state index contributed by atoms with van der Waals surface area (Å²) in [6, 6.07) is 12.2. The van der Waals surface area contributed by atoms with Gasteiger partial charge < -0.3 is 10.1 Å². The molecule has 4 aromatic rings. The quantitative estimate of drug-likeness (QED) is 0.412. The lowest BCUT2D eigenvalue weighted by Gasteiger charge is -2.19. The number of halogens is 2. The van der Waals surface area contributed by atoms with Crippen LogP contribution in [0.1, 0.15) is 36.7 Å². The van der Waals surface area contributed by atoms with E-state index < -0.39 is 23.3 Å². The van der Waals surface area contributed by atoms with Crippen LogP contribution in [0.4, 0.5) is 13.6 Å². The van der Waals surface area contributed by atoms with Crippen LogP contribution < -0.4 is 5.32 Å². The van der Waals surface area contributed by atoms with E-state index in [2.05, 4.69) is 15.4 Å². The molecule has 9 heteroatoms. The smallest absolute Gasteiger partial charge is 0.407 e. The molecule has 174 valence electrons. The van der Waals surface area contributed by atoms with Gasteiger partial charge in [-0.25, -0.2) is 23.1 Å². The number of amides is 1. The molecule has 0 saturated carbocycles. The number of rotatable bonds is 5. The Morgan fingerprint density at radius 2 is 1.79 bits per heavy atom. The van der Waals surface area contributed by atoms with E-state index >= 15 is 0 Å². The summed E-state index contributed by atoms with van der Waals surface area (Å²) in [7, 11) is 0. The maximum absolute atomic E-state index is 14.8. The van der Waals surface area contributed by atoms with Crippen molar-refractivity contribution in [2.75, 3.05) is 0 Å². The molecule has 0 saturated heterocycles. The molecule has 4 rings (SSSR count). The number of carbonyl (C=O) groups excluding carboxylic acids is 2. The Balaban J connectivity index is 1.61. The van der Waals surface area contributed by atoms with Gasteiger partial charge in [0.2, 0.25) is 0 Å². The second kappa shape index (κ2) is 9.01. The van der Waals surface area contributed by atoms with Crippen molar-refractivity contribution >= 4 is 18.0 Å². The lowest BCUT2D eigenvalue weighted by Crippen LogP contribution is -2.32. The van der Waals surface area contributed by atoms with Crippen LogP contribution in [-0.2, 0) is 11.3 Å². The average molecular weight is 464 g/mol. The van der Waals surface area contributed by atoms with Crippen molar-refractivity contribution < 1.29 is 23.1 Å². The zero-order valence-corrected chi connectivity index (χ0v) is 18.8. The molecule has 1 N–H and O–H groups in total. The molecule has 0 aliphatic rings. The fourth-order valence-electron chi connectivity index (χ4n) is 3.37. The van der Waals surface area contributed by atoms with Crippen molar-refractivity contribution in [1.82, 2.24) is 19.9 Å². The van der Waals surface area contributed by atoms with Crippen LogP contribution >= 0.6 is 0 Å². The summed E-state index contributed by atoms with van der Waals surface area (Å²) in [5.74, 6) is -1.15. The van der Waals surface area contributed by atoms with Crippen molar-refractivity contribution in [2.24, 2.45) is 0 Å². The van der Waals surface area contributed by atoms with E-state index in [9.17, 15) is 18.4 Å². The van der Waals surface area contributed by atoms with Crippen molar-refractivity contribution in [3.63, 3.8) is 0 Å². The standard InChI is InChI=1S/C25H22F2N4O3/c1-25(2,3)34-24(33)29-13-17-6-5-16(11-19(17)26)22-8-9-28-23-12-21(30-31(22)23)15-4-7-18(14-32)20(27)10-15/h4-12,14H,13H2,1-3H3,(H,29,33). The van der Waals surface area contributed by atoms with E-state index in [1.54, 1.807) is 57.3 Å². The predicted molar refractivity (Wildman–Crippen MR) is 122 cm³/mol. The normalized spacial score (nSPS) is 11.4. The molecular formula is C25H22F2N4O3. The molecule has 0 fully saturated rings. The molecular weight excluding hydrogens is 442 g/mol. The van der Waals surface area contributed by atoms with Gasteiger partial charge >= 0.3 is 6.09 Å². The van der Waals surface area contributed by atoms with Gasteiger partial charge in [-0.05, 0) is 45.0 Å². The van der Waals surface area contributed by atoms with Gasteiger partial charge in [0.25, 0.3) is 0 Å². The Morgan fingerprint density at radius 3 is 2.47 bits per heavy atom. The highest BCUT2D eigenvalue weighted by Gasteiger charge is 2.17. The van der Waals surface area contributed by atoms with Crippen LogP contribution in [0, 0.1) is 11.6 Å². The van der Waals surface area contributed by atoms with Gasteiger partial charge in [0, 0.05) is 35.5 Å². The Bertz CT molecular complexity index is 1390. The molecule has 2 heterocycles. The number of nitrogens with one attached hydrogen (secondary N) is 1. The first kappa shape index (κ1) is 23.0. The summed E-state index contributed by atoms with van der Waals surface area (Å²) >= 11 is 0. The second-order valence-electron chi connectivity index (χ2n) is 8.65. The lowest BCUT2D eigenvalue weighted by atomic mass is 10.1. The van der Waals surface area contributed by atoms with Crippen LogP contribution in [0.25, 0.3) is 28.2 Å². The van der Waals surface area contributed by atoms with E-state index in [1.165, 1.54) is 22.7 Å². The minimum atomic E-state index is -0.649. The summed E-state index contributed by atoms with van der Waals surface area (Å²) in [6.07, 6.45) is 1.39. The summed E-state index contributed by atoms with van der Waals surface area (Å²) in [6.45, 7) is 5.21. The number of ether oxygens (including phenoxy) is 1. The van der Waals surface area contributed by atoms with Gasteiger partial charge in [0.05, 0.1) is 17.0 Å². The molecule has 0 radical (unpaired) electrons. The number of carbonyl (C=O) groups is 2. The first-order valence-corrected chi connectivity index (χ1v) is 10.5. The van der Waals surface area contributed by atoms with E-state index in [4.69, 9.17) is 4.74 Å². The van der Waals surface area contributed by atoms with E-state index in [1.807, 2.05) is 0 Å². The molecule has 1 amide bonds. The van der Waals surface area contributed by atoms with E-state index in [0.29, 0.717) is 40.0 Å². The summed E-state index contributed by atoms with van der Waals surface area (Å²) in [4.78, 5) is 27.0. The molecule has 2 aromatic carbocycles. The summed E-state index contributed by atoms with van der Waals surface area (Å²) in [5.41, 5.74) is 2.15. The van der Waals surface area contributed by atoms with Gasteiger partial charge in [-0.3, -0.25) is 4.79 Å². The molecule has 0 unspecified atom stereocenters. The van der Waals surface area contributed by atoms with Crippen LogP contribution in [0.3, 0.4) is 0 Å². The number of alkyl carbamates (subject to hydrolysis) is 1. The number of aromatic nitrogens is 3. The van der Waals surface area contributed by atoms with E-state index in [0.717, 1.165) is 0 Å². The fraction of sp³-hybridized carbons (Fsp3) is 0.200. The van der Waals surface area contributed by atoms with Gasteiger partial charge in [0.1, 0.15) is 17.2 Å². The predicted octanol–water partition coefficient (Wildman–Crippen LogP) is 5.18. The number of nitrogens with zero attached hydrogens (tertiary/aromatic N) is 3. The van der Waals surface area contributed by atoms with Gasteiger partial charge in [-0.1, -0.05) is 18.2 Å². The topological polar surface area (TPSA) is 85.6 Å². The molecule has 7 nitrogen and oxygen atoms in total. The summed E-state index contributed by atoms with van der Waals surface area (Å²) < 4.78 is 35.6. The third-order valence-electron chi connectivity index (χ3n) is 4.95. The number of hydrogen-bond acceptors (Lipinski definition) is 5. The van der Waals surface area contributed by atoms with Crippen molar-refractivity contribution in [3.8, 4) is 22.5 Å². The number of fused-ring (bicyclic) bond motifs is 1. The maximum atomic E-state index is 14.8. The third-order valence-corrected chi connectivity index (χ3v) is 4.95. The zero-order valence-electron chi connectivity index (χ0n) is 18.8. The largest absolute Gasteiger partial charge is 0.444 e. The molecule has 0 bridgehead atoms. The SMILES string of the molecule is CC(C)(C)OC(=O)NCc1ccc(-c2ccnc3cc(-c4ccc(C=O)c(F)c4)nn23)cc1F. The van der Waals surface area contributed by atoms with Gasteiger partial charge in [0.15, 0.2) is 11.9 Å². The van der Waals surface area contributed by atoms with Crippen molar-refractivity contribution in [3.05, 3.63) is 77.5 Å². The molecule has 0 aliphatic heterocycles. The Kier molecular flexibility index (Phi) is 6.10. The second-order valence-corrected chi connectivity index (χ2v) is 8.65. The molecule has 0 aliphatic carbocycles. The minimum absolute atomic E-state index is 0.0267. The average Bonchev–Trinajstić information content (AvgIpc) is 3.21. The number of aldehydes is 1. The Labute approximate surface area is 194 Å². The van der Waals surface area contributed by atoms with Crippen LogP contribution in [0.2, 0.25) is 0 Å². The lowest BCUT2D eigenvalue weighted by molar-refractivity contribution is 0.0523. The molecule has 34 heavy (non-hydrogen) atoms. The third kappa shape index (κ3) is 4.93. The Morgan fingerprint density at radius 1 is 1.06 bits per heavy atom. The molecule has 0 spiro atoms. The first-order chi connectivity index (χ1) is 16.1.